The number of ether oxygens (including phenoxy) is 1. The molecular weight excluding hydrogens is 416 g/mol. The lowest BCUT2D eigenvalue weighted by atomic mass is 9.62. The molecule has 1 aromatic rings. The fourth-order valence-electron chi connectivity index (χ4n) is 6.26. The minimum Gasteiger partial charge on any atom is -0.459 e. The first kappa shape index (κ1) is 25.6. The van der Waals surface area contributed by atoms with E-state index in [1.807, 2.05) is 37.3 Å². The molecule has 2 saturated carbocycles. The number of rotatable bonds is 8. The summed E-state index contributed by atoms with van der Waals surface area (Å²) in [5.74, 6) is -0.891. The Balaban J connectivity index is 1.91. The highest BCUT2D eigenvalue weighted by atomic mass is 16.6. The van der Waals surface area contributed by atoms with Crippen LogP contribution in [0.2, 0.25) is 0 Å². The largest absolute Gasteiger partial charge is 0.459 e. The van der Waals surface area contributed by atoms with Crippen molar-refractivity contribution in [1.29, 1.82) is 0 Å². The molecule has 0 heterocycles. The molecule has 0 aliphatic heterocycles. The van der Waals surface area contributed by atoms with Gasteiger partial charge in [0.1, 0.15) is 22.4 Å². The predicted octanol–water partition coefficient (Wildman–Crippen LogP) is 5.07. The lowest BCUT2D eigenvalue weighted by Crippen LogP contribution is -2.53. The van der Waals surface area contributed by atoms with Crippen molar-refractivity contribution in [2.75, 3.05) is 0 Å². The maximum atomic E-state index is 13.6. The summed E-state index contributed by atoms with van der Waals surface area (Å²) in [5, 5.41) is 11.6. The summed E-state index contributed by atoms with van der Waals surface area (Å²) in [6.07, 6.45) is 2.42. The minimum absolute atomic E-state index is 0.0223. The topological polar surface area (TPSA) is 80.7 Å². The molecule has 2 aliphatic carbocycles. The molecule has 5 heteroatoms. The first-order valence-electron chi connectivity index (χ1n) is 12.1. The van der Waals surface area contributed by atoms with E-state index < -0.39 is 28.0 Å². The monoisotopic (exact) mass is 456 g/mol. The van der Waals surface area contributed by atoms with Crippen LogP contribution < -0.4 is 0 Å². The second-order valence-electron chi connectivity index (χ2n) is 12.1. The first-order valence-corrected chi connectivity index (χ1v) is 12.1. The minimum atomic E-state index is -1.48. The van der Waals surface area contributed by atoms with Crippen LogP contribution >= 0.6 is 0 Å². The molecule has 0 radical (unpaired) electrons. The molecule has 0 spiro atoms. The number of esters is 1. The van der Waals surface area contributed by atoms with Gasteiger partial charge in [0.05, 0.1) is 0 Å². The van der Waals surface area contributed by atoms with Crippen LogP contribution in [0.4, 0.5) is 0 Å². The van der Waals surface area contributed by atoms with Gasteiger partial charge in [0.15, 0.2) is 5.78 Å². The van der Waals surface area contributed by atoms with E-state index in [-0.39, 0.29) is 36.2 Å². The molecule has 2 bridgehead atoms. The summed E-state index contributed by atoms with van der Waals surface area (Å²) in [4.78, 5) is 40.0. The number of carbonyl (C=O) groups excluding carboxylic acids is 3. The molecule has 0 amide bonds. The van der Waals surface area contributed by atoms with Crippen molar-refractivity contribution in [3.63, 3.8) is 0 Å². The number of benzene rings is 1. The van der Waals surface area contributed by atoms with Gasteiger partial charge in [-0.1, -0.05) is 51.1 Å². The highest BCUT2D eigenvalue weighted by molar-refractivity contribution is 6.03. The number of aliphatic hydroxyl groups is 1. The van der Waals surface area contributed by atoms with Crippen molar-refractivity contribution in [3.8, 4) is 0 Å². The average molecular weight is 457 g/mol. The van der Waals surface area contributed by atoms with Crippen LogP contribution in [0.25, 0.3) is 0 Å². The number of hydrogen-bond acceptors (Lipinski definition) is 5. The Hall–Kier alpha value is -2.01. The van der Waals surface area contributed by atoms with Crippen LogP contribution in [0.5, 0.6) is 0 Å². The van der Waals surface area contributed by atoms with E-state index in [1.165, 1.54) is 6.92 Å². The molecule has 33 heavy (non-hydrogen) atoms. The fraction of sp³-hybridized carbons (Fsp3) is 0.679. The van der Waals surface area contributed by atoms with Crippen LogP contribution in [0.3, 0.4) is 0 Å². The summed E-state index contributed by atoms with van der Waals surface area (Å²) in [6.45, 7) is 13.0. The third kappa shape index (κ3) is 4.18. The molecular formula is C28H40O5. The normalized spacial score (nSPS) is 30.0. The molecule has 0 saturated heterocycles. The van der Waals surface area contributed by atoms with Gasteiger partial charge in [-0.3, -0.25) is 14.4 Å². The van der Waals surface area contributed by atoms with E-state index in [2.05, 4.69) is 13.8 Å². The number of carbonyl (C=O) groups is 3. The van der Waals surface area contributed by atoms with Crippen LogP contribution in [0, 0.1) is 22.2 Å². The van der Waals surface area contributed by atoms with Crippen molar-refractivity contribution < 1.29 is 24.2 Å². The molecule has 4 atom stereocenters. The molecule has 3 rings (SSSR count). The van der Waals surface area contributed by atoms with Crippen molar-refractivity contribution in [3.05, 3.63) is 35.9 Å². The van der Waals surface area contributed by atoms with Crippen LogP contribution in [-0.4, -0.2) is 33.8 Å². The molecule has 0 unspecified atom stereocenters. The zero-order chi connectivity index (χ0) is 24.9. The predicted molar refractivity (Wildman–Crippen MR) is 128 cm³/mol. The Labute approximate surface area is 198 Å². The Bertz CT molecular complexity index is 927. The fourth-order valence-corrected chi connectivity index (χ4v) is 6.26. The van der Waals surface area contributed by atoms with Gasteiger partial charge < -0.3 is 9.84 Å². The quantitative estimate of drug-likeness (QED) is 0.436. The SMILES string of the molecule is CC(=O)[C@](CCC(=O)[C@@]1(O)C[C@H]2CC[C@]1(C)C2(C)C)(Cc1ccccc1)C(=O)OC(C)(C)C. The van der Waals surface area contributed by atoms with Crippen LogP contribution in [-0.2, 0) is 25.5 Å². The number of hydrogen-bond donors (Lipinski definition) is 1. The second-order valence-corrected chi connectivity index (χ2v) is 12.1. The highest BCUT2D eigenvalue weighted by Gasteiger charge is 2.70. The lowest BCUT2D eigenvalue weighted by Gasteiger charge is -2.44. The van der Waals surface area contributed by atoms with Crippen molar-refractivity contribution in [2.45, 2.75) is 98.2 Å². The van der Waals surface area contributed by atoms with E-state index in [0.717, 1.165) is 18.4 Å². The second kappa shape index (κ2) is 8.33. The highest BCUT2D eigenvalue weighted by Crippen LogP contribution is 2.70. The van der Waals surface area contributed by atoms with Crippen molar-refractivity contribution in [2.24, 2.45) is 22.2 Å². The van der Waals surface area contributed by atoms with Gasteiger partial charge in [-0.25, -0.2) is 0 Å². The standard InChI is InChI=1S/C28H40O5/c1-19(29)27(23(31)33-24(2,3)4,17-20-11-9-8-10-12-20)16-14-22(30)28(32)18-21-13-15-26(28,7)25(21,5)6/h8-12,21,32H,13-18H2,1-7H3/t21-,26-,27+,28+/m1/s1. The third-order valence-electron chi connectivity index (χ3n) is 8.94. The maximum absolute atomic E-state index is 13.6. The van der Waals surface area contributed by atoms with E-state index >= 15 is 0 Å². The summed E-state index contributed by atoms with van der Waals surface area (Å²) >= 11 is 0. The Morgan fingerprint density at radius 1 is 1.09 bits per heavy atom. The Morgan fingerprint density at radius 2 is 1.70 bits per heavy atom. The number of Topliss-reactive ketones (excluding diaryl/α,β-unsaturated/α-hetero) is 2. The van der Waals surface area contributed by atoms with Gasteiger partial charge in [-0.2, -0.15) is 0 Å². The molecule has 2 fully saturated rings. The Kier molecular flexibility index (Phi) is 6.47. The van der Waals surface area contributed by atoms with E-state index in [4.69, 9.17) is 4.74 Å². The van der Waals surface area contributed by atoms with E-state index in [1.54, 1.807) is 20.8 Å². The molecule has 1 aromatic carbocycles. The first-order chi connectivity index (χ1) is 15.1. The molecule has 5 nitrogen and oxygen atoms in total. The zero-order valence-electron chi connectivity index (χ0n) is 21.3. The average Bonchev–Trinajstić information content (AvgIpc) is 3.02. The van der Waals surface area contributed by atoms with E-state index in [0.29, 0.717) is 12.3 Å². The van der Waals surface area contributed by atoms with Crippen molar-refractivity contribution >= 4 is 17.5 Å². The summed E-state index contributed by atoms with van der Waals surface area (Å²) in [6, 6.07) is 9.35. The molecule has 1 N–H and O–H groups in total. The van der Waals surface area contributed by atoms with E-state index in [9.17, 15) is 19.5 Å². The van der Waals surface area contributed by atoms with Gasteiger partial charge in [0.2, 0.25) is 0 Å². The smallest absolute Gasteiger partial charge is 0.320 e. The third-order valence-corrected chi connectivity index (χ3v) is 8.94. The molecule has 182 valence electrons. The summed E-state index contributed by atoms with van der Waals surface area (Å²) in [7, 11) is 0. The maximum Gasteiger partial charge on any atom is 0.320 e. The molecule has 0 aromatic heterocycles. The van der Waals surface area contributed by atoms with Crippen molar-refractivity contribution in [1.82, 2.24) is 0 Å². The Morgan fingerprint density at radius 3 is 2.15 bits per heavy atom. The number of fused-ring (bicyclic) bond motifs is 2. The van der Waals surface area contributed by atoms with Gasteiger partial charge in [-0.15, -0.1) is 0 Å². The summed E-state index contributed by atoms with van der Waals surface area (Å²) in [5.41, 5.74) is -3.48. The zero-order valence-corrected chi connectivity index (χ0v) is 21.3. The van der Waals surface area contributed by atoms with Gasteiger partial charge >= 0.3 is 5.97 Å². The van der Waals surface area contributed by atoms with Gasteiger partial charge in [0, 0.05) is 11.8 Å². The van der Waals surface area contributed by atoms with Gasteiger partial charge in [0.25, 0.3) is 0 Å². The number of ketones is 2. The lowest BCUT2D eigenvalue weighted by molar-refractivity contribution is -0.171. The van der Waals surface area contributed by atoms with Crippen LogP contribution in [0.15, 0.2) is 30.3 Å². The molecule has 2 aliphatic rings. The summed E-state index contributed by atoms with van der Waals surface area (Å²) < 4.78 is 5.69. The van der Waals surface area contributed by atoms with Gasteiger partial charge in [-0.05, 0) is 76.7 Å². The van der Waals surface area contributed by atoms with Crippen LogP contribution in [0.1, 0.15) is 86.1 Å².